The zero-order valence-electron chi connectivity index (χ0n) is 6.38. The summed E-state index contributed by atoms with van der Waals surface area (Å²) in [6.07, 6.45) is 6.67. The number of nitrogens with two attached hydrogens (primary N) is 1. The first-order chi connectivity index (χ1) is 5.36. The molecule has 0 amide bonds. The summed E-state index contributed by atoms with van der Waals surface area (Å²) in [5, 5.41) is 0. The molecule has 1 nitrogen and oxygen atoms in total. The third-order valence-electron chi connectivity index (χ3n) is 2.05. The Balaban J connectivity index is 2.54. The zero-order chi connectivity index (χ0) is 7.68. The minimum atomic E-state index is 0.857. The van der Waals surface area contributed by atoms with Crippen LogP contribution >= 0.6 is 0 Å². The predicted molar refractivity (Wildman–Crippen MR) is 48.2 cm³/mol. The van der Waals surface area contributed by atoms with Gasteiger partial charge in [-0.1, -0.05) is 18.2 Å². The summed E-state index contributed by atoms with van der Waals surface area (Å²) in [6, 6.07) is 6.12. The quantitative estimate of drug-likeness (QED) is 0.556. The molecule has 2 N–H and O–H groups in total. The second kappa shape index (κ2) is 2.42. The van der Waals surface area contributed by atoms with E-state index in [4.69, 9.17) is 5.73 Å². The molecule has 1 aromatic rings. The summed E-state index contributed by atoms with van der Waals surface area (Å²) < 4.78 is 0. The van der Waals surface area contributed by atoms with E-state index in [0.717, 1.165) is 18.5 Å². The van der Waals surface area contributed by atoms with Crippen LogP contribution in [0.15, 0.2) is 24.3 Å². The lowest BCUT2D eigenvalue weighted by Crippen LogP contribution is -1.95. The highest BCUT2D eigenvalue weighted by Crippen LogP contribution is 2.20. The first-order valence-electron chi connectivity index (χ1n) is 3.91. The third-order valence-corrected chi connectivity index (χ3v) is 2.05. The molecule has 0 bridgehead atoms. The summed E-state index contributed by atoms with van der Waals surface area (Å²) in [5.41, 5.74) is 9.21. The Labute approximate surface area is 66.5 Å². The summed E-state index contributed by atoms with van der Waals surface area (Å²) in [6.45, 7) is 0. The fourth-order valence-electron chi connectivity index (χ4n) is 1.45. The van der Waals surface area contributed by atoms with Crippen molar-refractivity contribution in [3.05, 3.63) is 35.4 Å². The van der Waals surface area contributed by atoms with Crippen LogP contribution in [0.3, 0.4) is 0 Å². The Morgan fingerprint density at radius 2 is 2.18 bits per heavy atom. The minimum absolute atomic E-state index is 0.857. The van der Waals surface area contributed by atoms with Gasteiger partial charge in [-0.2, -0.15) is 0 Å². The second-order valence-electron chi connectivity index (χ2n) is 2.90. The Bertz CT molecular complexity index is 300. The molecular formula is C10H11N. The molecular weight excluding hydrogens is 134 g/mol. The molecule has 56 valence electrons. The van der Waals surface area contributed by atoms with Crippen LogP contribution in [0.5, 0.6) is 0 Å². The van der Waals surface area contributed by atoms with Crippen LogP contribution in [0.4, 0.5) is 5.69 Å². The Hall–Kier alpha value is -1.24. The fourth-order valence-corrected chi connectivity index (χ4v) is 1.45. The van der Waals surface area contributed by atoms with Crippen molar-refractivity contribution in [2.45, 2.75) is 12.8 Å². The first-order valence-corrected chi connectivity index (χ1v) is 3.91. The Morgan fingerprint density at radius 1 is 1.27 bits per heavy atom. The number of rotatable bonds is 0. The maximum Gasteiger partial charge on any atom is 0.0320 e. The number of allylic oxidation sites excluding steroid dienone is 1. The van der Waals surface area contributed by atoms with E-state index in [1.165, 1.54) is 11.1 Å². The lowest BCUT2D eigenvalue weighted by Gasteiger charge is -2.09. The number of benzene rings is 1. The van der Waals surface area contributed by atoms with Crippen molar-refractivity contribution in [1.82, 2.24) is 0 Å². The molecule has 0 aliphatic heterocycles. The van der Waals surface area contributed by atoms with Gasteiger partial charge in [0.05, 0.1) is 0 Å². The molecule has 0 radical (unpaired) electrons. The lowest BCUT2D eigenvalue weighted by atomic mass is 9.97. The standard InChI is InChI=1S/C10H11N/c11-10-6-5-8-3-1-2-4-9(8)7-10/h2,4-7H,1,3,11H2. The van der Waals surface area contributed by atoms with E-state index in [1.54, 1.807) is 0 Å². The monoisotopic (exact) mass is 145 g/mol. The van der Waals surface area contributed by atoms with E-state index < -0.39 is 0 Å². The molecule has 11 heavy (non-hydrogen) atoms. The SMILES string of the molecule is Nc1ccc2c(c1)C=CCC2. The number of nitrogen functional groups attached to an aromatic ring is 1. The molecule has 0 atom stereocenters. The molecule has 2 rings (SSSR count). The van der Waals surface area contributed by atoms with E-state index in [0.29, 0.717) is 0 Å². The Morgan fingerprint density at radius 3 is 3.09 bits per heavy atom. The van der Waals surface area contributed by atoms with Crippen molar-refractivity contribution in [2.24, 2.45) is 0 Å². The highest BCUT2D eigenvalue weighted by Gasteiger charge is 2.02. The van der Waals surface area contributed by atoms with Gasteiger partial charge in [0, 0.05) is 5.69 Å². The molecule has 0 heterocycles. The van der Waals surface area contributed by atoms with E-state index in [2.05, 4.69) is 18.2 Å². The van der Waals surface area contributed by atoms with Crippen LogP contribution < -0.4 is 5.73 Å². The molecule has 0 saturated heterocycles. The van der Waals surface area contributed by atoms with E-state index in [1.807, 2.05) is 12.1 Å². The number of anilines is 1. The molecule has 1 heteroatoms. The average Bonchev–Trinajstić information content (AvgIpc) is 2.04. The number of hydrogen-bond donors (Lipinski definition) is 1. The normalized spacial score (nSPS) is 14.5. The molecule has 1 aliphatic rings. The van der Waals surface area contributed by atoms with Crippen molar-refractivity contribution < 1.29 is 0 Å². The maximum absolute atomic E-state index is 5.65. The van der Waals surface area contributed by atoms with Crippen LogP contribution in [0, 0.1) is 0 Å². The maximum atomic E-state index is 5.65. The number of hydrogen-bond acceptors (Lipinski definition) is 1. The minimum Gasteiger partial charge on any atom is -0.399 e. The van der Waals surface area contributed by atoms with Gasteiger partial charge in [0.15, 0.2) is 0 Å². The van der Waals surface area contributed by atoms with Gasteiger partial charge in [0.1, 0.15) is 0 Å². The first kappa shape index (κ1) is 6.47. The van der Waals surface area contributed by atoms with Crippen molar-refractivity contribution in [3.63, 3.8) is 0 Å². The fraction of sp³-hybridized carbons (Fsp3) is 0.200. The van der Waals surface area contributed by atoms with E-state index in [9.17, 15) is 0 Å². The van der Waals surface area contributed by atoms with E-state index in [-0.39, 0.29) is 0 Å². The summed E-state index contributed by atoms with van der Waals surface area (Å²) in [4.78, 5) is 0. The second-order valence-corrected chi connectivity index (χ2v) is 2.90. The largest absolute Gasteiger partial charge is 0.399 e. The molecule has 1 aliphatic carbocycles. The number of aryl methyl sites for hydroxylation is 1. The predicted octanol–water partition coefficient (Wildman–Crippen LogP) is 2.23. The Kier molecular flexibility index (Phi) is 1.42. The average molecular weight is 145 g/mol. The number of fused-ring (bicyclic) bond motifs is 1. The van der Waals surface area contributed by atoms with Crippen LogP contribution in [-0.4, -0.2) is 0 Å². The van der Waals surface area contributed by atoms with Gasteiger partial charge in [-0.05, 0) is 36.1 Å². The molecule has 0 aromatic heterocycles. The smallest absolute Gasteiger partial charge is 0.0320 e. The van der Waals surface area contributed by atoms with Gasteiger partial charge in [0.25, 0.3) is 0 Å². The van der Waals surface area contributed by atoms with Crippen molar-refractivity contribution in [2.75, 3.05) is 5.73 Å². The van der Waals surface area contributed by atoms with Gasteiger partial charge in [0.2, 0.25) is 0 Å². The summed E-state index contributed by atoms with van der Waals surface area (Å²) in [5.74, 6) is 0. The van der Waals surface area contributed by atoms with Crippen molar-refractivity contribution in [1.29, 1.82) is 0 Å². The molecule has 0 saturated carbocycles. The zero-order valence-corrected chi connectivity index (χ0v) is 6.38. The molecule has 0 fully saturated rings. The summed E-state index contributed by atoms with van der Waals surface area (Å²) in [7, 11) is 0. The van der Waals surface area contributed by atoms with Gasteiger partial charge in [-0.25, -0.2) is 0 Å². The van der Waals surface area contributed by atoms with Gasteiger partial charge < -0.3 is 5.73 Å². The highest BCUT2D eigenvalue weighted by molar-refractivity contribution is 5.61. The molecule has 0 spiro atoms. The van der Waals surface area contributed by atoms with Crippen molar-refractivity contribution >= 4 is 11.8 Å². The topological polar surface area (TPSA) is 26.0 Å². The van der Waals surface area contributed by atoms with Crippen LogP contribution in [0.25, 0.3) is 6.08 Å². The van der Waals surface area contributed by atoms with E-state index >= 15 is 0 Å². The van der Waals surface area contributed by atoms with Gasteiger partial charge >= 0.3 is 0 Å². The van der Waals surface area contributed by atoms with Gasteiger partial charge in [-0.15, -0.1) is 0 Å². The van der Waals surface area contributed by atoms with Crippen molar-refractivity contribution in [3.8, 4) is 0 Å². The third kappa shape index (κ3) is 1.14. The van der Waals surface area contributed by atoms with Crippen LogP contribution in [0.1, 0.15) is 17.5 Å². The summed E-state index contributed by atoms with van der Waals surface area (Å²) >= 11 is 0. The highest BCUT2D eigenvalue weighted by atomic mass is 14.5. The van der Waals surface area contributed by atoms with Crippen LogP contribution in [-0.2, 0) is 6.42 Å². The molecule has 0 unspecified atom stereocenters. The van der Waals surface area contributed by atoms with Gasteiger partial charge in [-0.3, -0.25) is 0 Å². The molecule has 1 aromatic carbocycles. The lowest BCUT2D eigenvalue weighted by molar-refractivity contribution is 0.986. The van der Waals surface area contributed by atoms with Crippen LogP contribution in [0.2, 0.25) is 0 Å².